The Kier molecular flexibility index (Phi) is 2.54. The molecule has 1 N–H and O–H groups in total. The second-order valence-electron chi connectivity index (χ2n) is 6.35. The first-order valence-corrected chi connectivity index (χ1v) is 7.04. The molecule has 3 aliphatic carbocycles. The third-order valence-electron chi connectivity index (χ3n) is 5.22. The molecule has 0 spiro atoms. The summed E-state index contributed by atoms with van der Waals surface area (Å²) in [6, 6.07) is 0.781. The van der Waals surface area contributed by atoms with Crippen molar-refractivity contribution in [1.29, 1.82) is 0 Å². The Balaban J connectivity index is 1.44. The van der Waals surface area contributed by atoms with Crippen molar-refractivity contribution in [2.24, 2.45) is 17.3 Å². The van der Waals surface area contributed by atoms with E-state index in [9.17, 15) is 0 Å². The highest BCUT2D eigenvalue weighted by atomic mass is 14.9. The largest absolute Gasteiger partial charge is 0.313 e. The van der Waals surface area contributed by atoms with Crippen molar-refractivity contribution in [2.45, 2.75) is 64.3 Å². The summed E-state index contributed by atoms with van der Waals surface area (Å²) in [5.74, 6) is 2.10. The number of rotatable bonds is 5. The molecular formula is C14H25N. The minimum atomic E-state index is 0.781. The maximum atomic E-state index is 3.85. The van der Waals surface area contributed by atoms with Gasteiger partial charge in [-0.05, 0) is 62.7 Å². The van der Waals surface area contributed by atoms with Gasteiger partial charge < -0.3 is 5.32 Å². The molecule has 0 aliphatic heterocycles. The summed E-state index contributed by atoms with van der Waals surface area (Å²) >= 11 is 0. The summed E-state index contributed by atoms with van der Waals surface area (Å²) < 4.78 is 0. The summed E-state index contributed by atoms with van der Waals surface area (Å²) in [6.45, 7) is 3.74. The van der Waals surface area contributed by atoms with Crippen LogP contribution in [0.15, 0.2) is 0 Å². The molecule has 86 valence electrons. The standard InChI is InChI=1S/C14H25N/c1-11(12-4-2-3-5-12)15-10-14(8-9-14)13-6-7-13/h11-13,15H,2-10H2,1H3. The van der Waals surface area contributed by atoms with Crippen LogP contribution < -0.4 is 5.32 Å². The highest BCUT2D eigenvalue weighted by molar-refractivity contribution is 5.05. The van der Waals surface area contributed by atoms with Gasteiger partial charge in [0.2, 0.25) is 0 Å². The molecule has 0 aromatic carbocycles. The summed E-state index contributed by atoms with van der Waals surface area (Å²) in [4.78, 5) is 0. The maximum absolute atomic E-state index is 3.85. The van der Waals surface area contributed by atoms with E-state index in [0.717, 1.165) is 23.3 Å². The first-order valence-electron chi connectivity index (χ1n) is 7.04. The van der Waals surface area contributed by atoms with Gasteiger partial charge in [0.15, 0.2) is 0 Å². The summed E-state index contributed by atoms with van der Waals surface area (Å²) in [6.07, 6.45) is 12.0. The van der Waals surface area contributed by atoms with Gasteiger partial charge in [0.25, 0.3) is 0 Å². The first-order chi connectivity index (χ1) is 7.30. The van der Waals surface area contributed by atoms with Gasteiger partial charge >= 0.3 is 0 Å². The molecule has 1 nitrogen and oxygen atoms in total. The Morgan fingerprint density at radius 2 is 1.80 bits per heavy atom. The minimum absolute atomic E-state index is 0.781. The molecule has 3 rings (SSSR count). The predicted molar refractivity (Wildman–Crippen MR) is 63.8 cm³/mol. The average molecular weight is 207 g/mol. The fraction of sp³-hybridized carbons (Fsp3) is 1.00. The zero-order valence-electron chi connectivity index (χ0n) is 10.1. The van der Waals surface area contributed by atoms with Crippen molar-refractivity contribution in [2.75, 3.05) is 6.54 Å². The first kappa shape index (κ1) is 10.1. The lowest BCUT2D eigenvalue weighted by Gasteiger charge is -2.24. The zero-order chi connectivity index (χ0) is 10.3. The normalized spacial score (nSPS) is 31.8. The van der Waals surface area contributed by atoms with Gasteiger partial charge in [0.1, 0.15) is 0 Å². The van der Waals surface area contributed by atoms with E-state index in [0.29, 0.717) is 0 Å². The van der Waals surface area contributed by atoms with E-state index >= 15 is 0 Å². The Labute approximate surface area is 94.0 Å². The third-order valence-corrected chi connectivity index (χ3v) is 5.22. The van der Waals surface area contributed by atoms with Crippen LogP contribution in [0, 0.1) is 17.3 Å². The lowest BCUT2D eigenvalue weighted by Crippen LogP contribution is -2.37. The van der Waals surface area contributed by atoms with Crippen LogP contribution >= 0.6 is 0 Å². The van der Waals surface area contributed by atoms with Crippen LogP contribution in [-0.4, -0.2) is 12.6 Å². The maximum Gasteiger partial charge on any atom is 0.00672 e. The average Bonchev–Trinajstić information content (AvgIpc) is 3.14. The molecule has 0 heterocycles. The Hall–Kier alpha value is -0.0400. The molecular weight excluding hydrogens is 182 g/mol. The number of nitrogens with one attached hydrogen (secondary N) is 1. The van der Waals surface area contributed by atoms with Crippen molar-refractivity contribution in [3.63, 3.8) is 0 Å². The molecule has 1 heteroatoms. The van der Waals surface area contributed by atoms with Crippen molar-refractivity contribution >= 4 is 0 Å². The van der Waals surface area contributed by atoms with E-state index in [4.69, 9.17) is 0 Å². The summed E-state index contributed by atoms with van der Waals surface area (Å²) in [5.41, 5.74) is 0.785. The Morgan fingerprint density at radius 3 is 2.33 bits per heavy atom. The van der Waals surface area contributed by atoms with Crippen LogP contribution in [0.3, 0.4) is 0 Å². The zero-order valence-corrected chi connectivity index (χ0v) is 10.1. The monoisotopic (exact) mass is 207 g/mol. The number of hydrogen-bond acceptors (Lipinski definition) is 1. The van der Waals surface area contributed by atoms with E-state index in [2.05, 4.69) is 12.2 Å². The molecule has 0 bridgehead atoms. The minimum Gasteiger partial charge on any atom is -0.313 e. The molecule has 0 radical (unpaired) electrons. The highest BCUT2D eigenvalue weighted by Gasteiger charge is 2.53. The predicted octanol–water partition coefficient (Wildman–Crippen LogP) is 3.34. The van der Waals surface area contributed by atoms with Crippen molar-refractivity contribution < 1.29 is 0 Å². The van der Waals surface area contributed by atoms with Crippen molar-refractivity contribution in [3.05, 3.63) is 0 Å². The second-order valence-corrected chi connectivity index (χ2v) is 6.35. The van der Waals surface area contributed by atoms with Crippen LogP contribution in [0.4, 0.5) is 0 Å². The van der Waals surface area contributed by atoms with Gasteiger partial charge in [-0.3, -0.25) is 0 Å². The van der Waals surface area contributed by atoms with E-state index < -0.39 is 0 Å². The van der Waals surface area contributed by atoms with Gasteiger partial charge in [-0.2, -0.15) is 0 Å². The van der Waals surface area contributed by atoms with Gasteiger partial charge in [0.05, 0.1) is 0 Å². The second kappa shape index (κ2) is 3.76. The third kappa shape index (κ3) is 2.08. The molecule has 0 saturated heterocycles. The lowest BCUT2D eigenvalue weighted by molar-refractivity contribution is 0.323. The quantitative estimate of drug-likeness (QED) is 0.729. The van der Waals surface area contributed by atoms with E-state index in [1.54, 1.807) is 0 Å². The lowest BCUT2D eigenvalue weighted by atomic mass is 9.96. The topological polar surface area (TPSA) is 12.0 Å². The van der Waals surface area contributed by atoms with Crippen LogP contribution in [0.1, 0.15) is 58.3 Å². The van der Waals surface area contributed by atoms with Crippen molar-refractivity contribution in [1.82, 2.24) is 5.32 Å². The number of hydrogen-bond donors (Lipinski definition) is 1. The van der Waals surface area contributed by atoms with Crippen LogP contribution in [-0.2, 0) is 0 Å². The van der Waals surface area contributed by atoms with Crippen molar-refractivity contribution in [3.8, 4) is 0 Å². The smallest absolute Gasteiger partial charge is 0.00672 e. The molecule has 3 aliphatic rings. The molecule has 1 atom stereocenters. The molecule has 3 saturated carbocycles. The Morgan fingerprint density at radius 1 is 1.13 bits per heavy atom. The molecule has 15 heavy (non-hydrogen) atoms. The van der Waals surface area contributed by atoms with Crippen LogP contribution in [0.5, 0.6) is 0 Å². The molecule has 3 fully saturated rings. The van der Waals surface area contributed by atoms with E-state index in [1.807, 2.05) is 0 Å². The van der Waals surface area contributed by atoms with Crippen LogP contribution in [0.2, 0.25) is 0 Å². The van der Waals surface area contributed by atoms with Gasteiger partial charge in [-0.15, -0.1) is 0 Å². The fourth-order valence-electron chi connectivity index (χ4n) is 3.57. The van der Waals surface area contributed by atoms with Gasteiger partial charge in [0, 0.05) is 12.6 Å². The van der Waals surface area contributed by atoms with Crippen LogP contribution in [0.25, 0.3) is 0 Å². The Bertz CT molecular complexity index is 221. The van der Waals surface area contributed by atoms with Gasteiger partial charge in [-0.1, -0.05) is 12.8 Å². The summed E-state index contributed by atoms with van der Waals surface area (Å²) in [5, 5.41) is 3.85. The van der Waals surface area contributed by atoms with Gasteiger partial charge in [-0.25, -0.2) is 0 Å². The van der Waals surface area contributed by atoms with E-state index in [1.165, 1.54) is 57.9 Å². The molecule has 0 aromatic heterocycles. The molecule has 1 unspecified atom stereocenters. The fourth-order valence-corrected chi connectivity index (χ4v) is 3.57. The molecule has 0 amide bonds. The highest BCUT2D eigenvalue weighted by Crippen LogP contribution is 2.60. The SMILES string of the molecule is CC(NCC1(C2CC2)CC1)C1CCCC1. The molecule has 0 aromatic rings. The summed E-state index contributed by atoms with van der Waals surface area (Å²) in [7, 11) is 0. The van der Waals surface area contributed by atoms with E-state index in [-0.39, 0.29) is 0 Å².